The number of aliphatic hydroxyl groups is 1. The summed E-state index contributed by atoms with van der Waals surface area (Å²) in [6, 6.07) is 4.50. The first-order chi connectivity index (χ1) is 17.3. The van der Waals surface area contributed by atoms with Crippen molar-refractivity contribution in [2.75, 3.05) is 6.54 Å². The van der Waals surface area contributed by atoms with Crippen LogP contribution in [0.1, 0.15) is 39.2 Å². The van der Waals surface area contributed by atoms with E-state index in [0.717, 1.165) is 5.56 Å². The van der Waals surface area contributed by atoms with Gasteiger partial charge in [-0.25, -0.2) is 0 Å². The molecule has 0 aliphatic heterocycles. The number of nitrogens with two attached hydrogens (primary N) is 4. The second-order valence-corrected chi connectivity index (χ2v) is 9.17. The molecule has 0 unspecified atom stereocenters. The van der Waals surface area contributed by atoms with Crippen molar-refractivity contribution in [3.8, 4) is 0 Å². The van der Waals surface area contributed by atoms with Gasteiger partial charge in [0.15, 0.2) is 5.96 Å². The second kappa shape index (κ2) is 15.4. The lowest BCUT2D eigenvalue weighted by molar-refractivity contribution is -0.136. The Morgan fingerprint density at radius 2 is 1.46 bits per heavy atom. The molecule has 37 heavy (non-hydrogen) atoms. The number of carbonyl (C=O) groups is 4. The number of nitrogens with one attached hydrogen (secondary N) is 3. The molecule has 0 bridgehead atoms. The Hall–Kier alpha value is -3.71. The number of amides is 4. The van der Waals surface area contributed by atoms with Gasteiger partial charge >= 0.3 is 0 Å². The SMILES string of the molecule is CC(C)[C@H](NC(=O)[C@@H](N)CCCN=C(N)N)C(=O)N[C@H](C(=O)N[C@@H](Cc1ccccc1)C(N)=O)[C@@H](C)O. The fourth-order valence-electron chi connectivity index (χ4n) is 3.43. The van der Waals surface area contributed by atoms with E-state index in [-0.39, 0.29) is 24.7 Å². The van der Waals surface area contributed by atoms with Gasteiger partial charge in [-0.15, -0.1) is 0 Å². The highest BCUT2D eigenvalue weighted by Crippen LogP contribution is 2.07. The van der Waals surface area contributed by atoms with Gasteiger partial charge in [-0.1, -0.05) is 44.2 Å². The fourth-order valence-corrected chi connectivity index (χ4v) is 3.43. The van der Waals surface area contributed by atoms with E-state index in [9.17, 15) is 24.3 Å². The quantitative estimate of drug-likeness (QED) is 0.0701. The first kappa shape index (κ1) is 31.3. The van der Waals surface area contributed by atoms with Crippen LogP contribution < -0.4 is 38.9 Å². The number of hydrogen-bond donors (Lipinski definition) is 8. The number of guanidine groups is 1. The molecule has 1 aromatic rings. The molecule has 1 aromatic carbocycles. The van der Waals surface area contributed by atoms with E-state index in [1.54, 1.807) is 38.1 Å². The van der Waals surface area contributed by atoms with Crippen molar-refractivity contribution in [3.63, 3.8) is 0 Å². The van der Waals surface area contributed by atoms with Crippen LogP contribution >= 0.6 is 0 Å². The zero-order valence-electron chi connectivity index (χ0n) is 21.5. The molecule has 1 rings (SSSR count). The molecule has 0 aliphatic rings. The van der Waals surface area contributed by atoms with Crippen LogP contribution in [-0.2, 0) is 25.6 Å². The highest BCUT2D eigenvalue weighted by atomic mass is 16.3. The van der Waals surface area contributed by atoms with Gasteiger partial charge in [-0.3, -0.25) is 24.2 Å². The molecule has 0 aromatic heterocycles. The predicted octanol–water partition coefficient (Wildman–Crippen LogP) is -2.41. The van der Waals surface area contributed by atoms with Crippen LogP contribution in [0.4, 0.5) is 0 Å². The Kier molecular flexibility index (Phi) is 13.0. The zero-order valence-corrected chi connectivity index (χ0v) is 21.5. The van der Waals surface area contributed by atoms with Gasteiger partial charge in [-0.05, 0) is 31.2 Å². The molecule has 0 radical (unpaired) electrons. The number of aliphatic imine (C=N–C) groups is 1. The fraction of sp³-hybridized carbons (Fsp3) is 0.542. The van der Waals surface area contributed by atoms with Crippen LogP contribution in [0.5, 0.6) is 0 Å². The van der Waals surface area contributed by atoms with Crippen molar-refractivity contribution in [2.45, 2.75) is 70.3 Å². The smallest absolute Gasteiger partial charge is 0.245 e. The van der Waals surface area contributed by atoms with Crippen molar-refractivity contribution in [3.05, 3.63) is 35.9 Å². The normalized spacial score (nSPS) is 15.0. The average molecular weight is 521 g/mol. The monoisotopic (exact) mass is 520 g/mol. The van der Waals surface area contributed by atoms with Gasteiger partial charge in [0.05, 0.1) is 12.1 Å². The van der Waals surface area contributed by atoms with Crippen LogP contribution in [0.3, 0.4) is 0 Å². The second-order valence-electron chi connectivity index (χ2n) is 9.17. The largest absolute Gasteiger partial charge is 0.391 e. The third kappa shape index (κ3) is 11.3. The van der Waals surface area contributed by atoms with E-state index in [0.29, 0.717) is 13.0 Å². The first-order valence-corrected chi connectivity index (χ1v) is 12.1. The van der Waals surface area contributed by atoms with Crippen LogP contribution in [0.25, 0.3) is 0 Å². The zero-order chi connectivity index (χ0) is 28.1. The molecule has 0 saturated carbocycles. The van der Waals surface area contributed by atoms with Gasteiger partial charge in [-0.2, -0.15) is 0 Å². The van der Waals surface area contributed by atoms with E-state index >= 15 is 0 Å². The Bertz CT molecular complexity index is 934. The minimum atomic E-state index is -1.41. The molecule has 13 heteroatoms. The summed E-state index contributed by atoms with van der Waals surface area (Å²) in [6.07, 6.45) is -0.438. The van der Waals surface area contributed by atoms with Crippen molar-refractivity contribution < 1.29 is 24.3 Å². The summed E-state index contributed by atoms with van der Waals surface area (Å²) in [7, 11) is 0. The van der Waals surface area contributed by atoms with Crippen molar-refractivity contribution in [1.82, 2.24) is 16.0 Å². The lowest BCUT2D eigenvalue weighted by Crippen LogP contribution is -2.61. The number of rotatable bonds is 15. The summed E-state index contributed by atoms with van der Waals surface area (Å²) in [6.45, 7) is 5.03. The van der Waals surface area contributed by atoms with Gasteiger partial charge < -0.3 is 44.0 Å². The Morgan fingerprint density at radius 3 is 1.97 bits per heavy atom. The minimum Gasteiger partial charge on any atom is -0.391 e. The predicted molar refractivity (Wildman–Crippen MR) is 140 cm³/mol. The first-order valence-electron chi connectivity index (χ1n) is 12.1. The van der Waals surface area contributed by atoms with Crippen molar-refractivity contribution in [2.24, 2.45) is 33.8 Å². The van der Waals surface area contributed by atoms with E-state index < -0.39 is 53.9 Å². The van der Waals surface area contributed by atoms with E-state index in [4.69, 9.17) is 22.9 Å². The minimum absolute atomic E-state index is 0.0616. The maximum atomic E-state index is 13.0. The summed E-state index contributed by atoms with van der Waals surface area (Å²) in [5.74, 6) is -3.26. The maximum absolute atomic E-state index is 13.0. The maximum Gasteiger partial charge on any atom is 0.245 e. The van der Waals surface area contributed by atoms with Gasteiger partial charge in [0, 0.05) is 13.0 Å². The van der Waals surface area contributed by atoms with E-state index in [2.05, 4.69) is 20.9 Å². The molecular formula is C24H40N8O5. The molecule has 0 heterocycles. The Balaban J connectivity index is 2.85. The number of carbonyl (C=O) groups excluding carboxylic acids is 4. The molecule has 4 amide bonds. The molecule has 206 valence electrons. The van der Waals surface area contributed by atoms with Crippen LogP contribution in [0.2, 0.25) is 0 Å². The summed E-state index contributed by atoms with van der Waals surface area (Å²) in [4.78, 5) is 54.2. The number of nitrogens with zero attached hydrogens (tertiary/aromatic N) is 1. The van der Waals surface area contributed by atoms with Crippen LogP contribution in [0, 0.1) is 5.92 Å². The topological polar surface area (TPSA) is 241 Å². The number of benzene rings is 1. The third-order valence-corrected chi connectivity index (χ3v) is 5.56. The Morgan fingerprint density at radius 1 is 0.892 bits per heavy atom. The summed E-state index contributed by atoms with van der Waals surface area (Å²) in [5.41, 5.74) is 22.7. The molecule has 13 nitrogen and oxygen atoms in total. The molecular weight excluding hydrogens is 480 g/mol. The third-order valence-electron chi connectivity index (χ3n) is 5.56. The summed E-state index contributed by atoms with van der Waals surface area (Å²) < 4.78 is 0. The van der Waals surface area contributed by atoms with Gasteiger partial charge in [0.25, 0.3) is 0 Å². The molecule has 0 spiro atoms. The standard InChI is InChI=1S/C24H40N8O5/c1-13(2)18(31-21(35)16(25)10-7-11-29-24(27)28)22(36)32-19(14(3)33)23(37)30-17(20(26)34)12-15-8-5-4-6-9-15/h4-6,8-9,13-14,16-19,33H,7,10-12,25H2,1-3H3,(H2,26,34)(H,30,37)(H,31,35)(H,32,36)(H4,27,28,29)/t14-,16+,17+,18+,19+/m1/s1. The van der Waals surface area contributed by atoms with E-state index in [1.807, 2.05) is 6.07 Å². The Labute approximate surface area is 216 Å². The van der Waals surface area contributed by atoms with E-state index in [1.165, 1.54) is 6.92 Å². The highest BCUT2D eigenvalue weighted by Gasteiger charge is 2.33. The lowest BCUT2D eigenvalue weighted by atomic mass is 10.0. The number of aliphatic hydroxyl groups excluding tert-OH is 1. The van der Waals surface area contributed by atoms with Crippen molar-refractivity contribution in [1.29, 1.82) is 0 Å². The number of primary amides is 1. The van der Waals surface area contributed by atoms with Crippen LogP contribution in [0.15, 0.2) is 35.3 Å². The van der Waals surface area contributed by atoms with Gasteiger partial charge in [0.2, 0.25) is 23.6 Å². The molecule has 0 saturated heterocycles. The highest BCUT2D eigenvalue weighted by molar-refractivity contribution is 5.95. The molecule has 5 atom stereocenters. The molecule has 12 N–H and O–H groups in total. The molecule has 0 fully saturated rings. The number of hydrogen-bond acceptors (Lipinski definition) is 7. The van der Waals surface area contributed by atoms with Crippen molar-refractivity contribution >= 4 is 29.6 Å². The van der Waals surface area contributed by atoms with Crippen LogP contribution in [-0.4, -0.2) is 71.5 Å². The lowest BCUT2D eigenvalue weighted by Gasteiger charge is -2.28. The molecule has 0 aliphatic carbocycles. The van der Waals surface area contributed by atoms with Gasteiger partial charge in [0.1, 0.15) is 18.1 Å². The summed E-state index contributed by atoms with van der Waals surface area (Å²) >= 11 is 0. The summed E-state index contributed by atoms with van der Waals surface area (Å²) in [5, 5.41) is 17.7. The average Bonchev–Trinajstić information content (AvgIpc) is 2.82.